The number of carboxylic acids is 1. The molecule has 31 heavy (non-hydrogen) atoms. The molecule has 0 spiro atoms. The van der Waals surface area contributed by atoms with Crippen LogP contribution in [0, 0.1) is 5.92 Å². The minimum Gasteiger partial charge on any atom is -0.480 e. The van der Waals surface area contributed by atoms with Crippen LogP contribution in [-0.4, -0.2) is 46.0 Å². The molecular formula is C20H20N4O6S. The Morgan fingerprint density at radius 3 is 2.58 bits per heavy atom. The number of carbonyl (C=O) groups is 1. The Morgan fingerprint density at radius 1 is 1.19 bits per heavy atom. The van der Waals surface area contributed by atoms with Gasteiger partial charge in [0, 0.05) is 16.8 Å². The predicted molar refractivity (Wildman–Crippen MR) is 114 cm³/mol. The zero-order valence-electron chi connectivity index (χ0n) is 16.7. The molecule has 0 saturated heterocycles. The molecule has 162 valence electrons. The molecule has 2 heterocycles. The van der Waals surface area contributed by atoms with Gasteiger partial charge in [0.05, 0.1) is 24.2 Å². The lowest BCUT2D eigenvalue weighted by Gasteiger charge is -2.29. The third kappa shape index (κ3) is 3.78. The zero-order chi connectivity index (χ0) is 22.3. The van der Waals surface area contributed by atoms with Crippen molar-refractivity contribution < 1.29 is 28.2 Å². The van der Waals surface area contributed by atoms with Crippen molar-refractivity contribution in [1.82, 2.24) is 15.0 Å². The van der Waals surface area contributed by atoms with Crippen molar-refractivity contribution in [2.75, 3.05) is 4.31 Å². The van der Waals surface area contributed by atoms with Crippen LogP contribution in [0.2, 0.25) is 0 Å². The molecule has 2 atom stereocenters. The third-order valence-corrected chi connectivity index (χ3v) is 5.74. The lowest BCUT2D eigenvalue weighted by atomic mass is 10.0. The van der Waals surface area contributed by atoms with Crippen LogP contribution < -0.4 is 4.31 Å². The van der Waals surface area contributed by atoms with Gasteiger partial charge in [0.2, 0.25) is 0 Å². The fourth-order valence-corrected chi connectivity index (χ4v) is 4.36. The zero-order valence-corrected chi connectivity index (χ0v) is 17.5. The molecule has 0 aliphatic carbocycles. The van der Waals surface area contributed by atoms with E-state index in [4.69, 9.17) is 9.52 Å². The molecule has 0 radical (unpaired) electrons. The standard InChI is InChI=1S/C20H20N4O6S/c1-11(2)19(20(26)27)24(31(28)29)14-4-6-17-16(7-14)15-5-3-13(8-18(15)30-17)23-9-12(10-25)21-22-23/h3-9,11,19,25H,10H2,1-2H3,(H,26,27)(H,28,29). The van der Waals surface area contributed by atoms with E-state index in [0.29, 0.717) is 33.6 Å². The summed E-state index contributed by atoms with van der Waals surface area (Å²) >= 11 is -2.53. The summed E-state index contributed by atoms with van der Waals surface area (Å²) in [6, 6.07) is 9.05. The lowest BCUT2D eigenvalue weighted by Crippen LogP contribution is -2.45. The van der Waals surface area contributed by atoms with Crippen LogP contribution >= 0.6 is 0 Å². The summed E-state index contributed by atoms with van der Waals surface area (Å²) in [6.07, 6.45) is 1.61. The molecule has 0 aliphatic heterocycles. The second kappa shape index (κ2) is 8.10. The minimum atomic E-state index is -2.53. The Kier molecular flexibility index (Phi) is 5.48. The van der Waals surface area contributed by atoms with Gasteiger partial charge in [-0.3, -0.25) is 8.86 Å². The highest BCUT2D eigenvalue weighted by Crippen LogP contribution is 2.34. The number of aliphatic hydroxyl groups excluding tert-OH is 1. The van der Waals surface area contributed by atoms with Gasteiger partial charge >= 0.3 is 5.97 Å². The van der Waals surface area contributed by atoms with E-state index in [9.17, 15) is 18.7 Å². The third-order valence-electron chi connectivity index (χ3n) is 4.97. The van der Waals surface area contributed by atoms with Gasteiger partial charge in [0.15, 0.2) is 0 Å². The number of nitrogens with zero attached hydrogens (tertiary/aromatic N) is 4. The smallest absolute Gasteiger partial charge is 0.327 e. The number of aromatic nitrogens is 3. The van der Waals surface area contributed by atoms with Crippen molar-refractivity contribution in [3.05, 3.63) is 48.3 Å². The number of anilines is 1. The summed E-state index contributed by atoms with van der Waals surface area (Å²) in [4.78, 5) is 11.7. The molecule has 2 aromatic carbocycles. The number of aliphatic carboxylic acids is 1. The van der Waals surface area contributed by atoms with E-state index in [1.165, 1.54) is 4.68 Å². The predicted octanol–water partition coefficient (Wildman–Crippen LogP) is 2.71. The average Bonchev–Trinajstić information content (AvgIpc) is 3.34. The highest BCUT2D eigenvalue weighted by molar-refractivity contribution is 7.80. The number of fused-ring (bicyclic) bond motifs is 3. The van der Waals surface area contributed by atoms with Gasteiger partial charge in [-0.1, -0.05) is 19.1 Å². The quantitative estimate of drug-likeness (QED) is 0.369. The number of hydrogen-bond donors (Lipinski definition) is 3. The van der Waals surface area contributed by atoms with Gasteiger partial charge in [-0.05, 0) is 36.2 Å². The first-order valence-corrected chi connectivity index (χ1v) is 10.5. The molecule has 3 N–H and O–H groups in total. The van der Waals surface area contributed by atoms with Gasteiger partial charge in [-0.15, -0.1) is 5.10 Å². The van der Waals surface area contributed by atoms with Crippen molar-refractivity contribution in [3.63, 3.8) is 0 Å². The van der Waals surface area contributed by atoms with Crippen LogP contribution in [0.5, 0.6) is 0 Å². The molecule has 4 rings (SSSR count). The molecule has 4 aromatic rings. The average molecular weight is 444 g/mol. The Bertz CT molecular complexity index is 1300. The Balaban J connectivity index is 1.81. The summed E-state index contributed by atoms with van der Waals surface area (Å²) in [5.41, 5.74) is 2.52. The van der Waals surface area contributed by atoms with E-state index in [-0.39, 0.29) is 6.61 Å². The summed E-state index contributed by atoms with van der Waals surface area (Å²) in [7, 11) is 0. The van der Waals surface area contributed by atoms with Gasteiger partial charge in [-0.2, -0.15) is 0 Å². The van der Waals surface area contributed by atoms with E-state index in [1.54, 1.807) is 50.4 Å². The molecule has 11 heteroatoms. The van der Waals surface area contributed by atoms with Crippen molar-refractivity contribution in [1.29, 1.82) is 0 Å². The maximum Gasteiger partial charge on any atom is 0.327 e. The molecule has 2 aromatic heterocycles. The van der Waals surface area contributed by atoms with Crippen LogP contribution in [-0.2, 0) is 22.7 Å². The van der Waals surface area contributed by atoms with Gasteiger partial charge < -0.3 is 14.6 Å². The normalized spacial score (nSPS) is 13.7. The molecule has 0 bridgehead atoms. The first-order valence-electron chi connectivity index (χ1n) is 9.42. The second-order valence-corrected chi connectivity index (χ2v) is 8.21. The highest BCUT2D eigenvalue weighted by Gasteiger charge is 2.33. The topological polar surface area (TPSA) is 142 Å². The van der Waals surface area contributed by atoms with E-state index < -0.39 is 29.2 Å². The van der Waals surface area contributed by atoms with Crippen molar-refractivity contribution >= 4 is 44.9 Å². The monoisotopic (exact) mass is 444 g/mol. The maximum absolute atomic E-state index is 12.0. The first kappa shape index (κ1) is 21.0. The van der Waals surface area contributed by atoms with Crippen LogP contribution in [0.15, 0.2) is 47.0 Å². The Morgan fingerprint density at radius 2 is 1.97 bits per heavy atom. The Labute approximate surface area is 179 Å². The highest BCUT2D eigenvalue weighted by atomic mass is 32.2. The molecular weight excluding hydrogens is 424 g/mol. The van der Waals surface area contributed by atoms with E-state index in [1.807, 2.05) is 6.07 Å². The number of hydrogen-bond acceptors (Lipinski definition) is 6. The first-order chi connectivity index (χ1) is 14.8. The number of furan rings is 1. The molecule has 10 nitrogen and oxygen atoms in total. The molecule has 2 unspecified atom stereocenters. The second-order valence-electron chi connectivity index (χ2n) is 7.36. The van der Waals surface area contributed by atoms with E-state index in [0.717, 1.165) is 9.69 Å². The largest absolute Gasteiger partial charge is 0.480 e. The van der Waals surface area contributed by atoms with Crippen molar-refractivity contribution in [3.8, 4) is 5.69 Å². The lowest BCUT2D eigenvalue weighted by molar-refractivity contribution is -0.139. The summed E-state index contributed by atoms with van der Waals surface area (Å²) in [5.74, 6) is -1.59. The fraction of sp³-hybridized carbons (Fsp3) is 0.250. The molecule has 0 amide bonds. The van der Waals surface area contributed by atoms with Gasteiger partial charge in [0.1, 0.15) is 22.9 Å². The number of carboxylic acid groups (broad SMARTS) is 1. The van der Waals surface area contributed by atoms with Crippen LogP contribution in [0.3, 0.4) is 0 Å². The number of benzene rings is 2. The van der Waals surface area contributed by atoms with Crippen molar-refractivity contribution in [2.24, 2.45) is 5.92 Å². The van der Waals surface area contributed by atoms with Gasteiger partial charge in [0.25, 0.3) is 11.3 Å². The molecule has 0 fully saturated rings. The van der Waals surface area contributed by atoms with Crippen LogP contribution in [0.4, 0.5) is 5.69 Å². The molecule has 0 aliphatic rings. The Hall–Kier alpha value is -3.28. The summed E-state index contributed by atoms with van der Waals surface area (Å²) in [5, 5.41) is 28.0. The number of aliphatic hydroxyl groups is 1. The number of rotatable bonds is 7. The minimum absolute atomic E-state index is 0.216. The van der Waals surface area contributed by atoms with E-state index in [2.05, 4.69) is 10.3 Å². The molecule has 0 saturated carbocycles. The van der Waals surface area contributed by atoms with Crippen LogP contribution in [0.1, 0.15) is 19.5 Å². The summed E-state index contributed by atoms with van der Waals surface area (Å²) < 4.78 is 30.3. The maximum atomic E-state index is 12.0. The fourth-order valence-electron chi connectivity index (χ4n) is 3.53. The van der Waals surface area contributed by atoms with Crippen molar-refractivity contribution in [2.45, 2.75) is 26.5 Å². The SMILES string of the molecule is CC(C)C(C(=O)O)N(c1ccc2oc3cc(-n4cc(CO)nn4)ccc3c2c1)S(=O)O. The summed E-state index contributed by atoms with van der Waals surface area (Å²) in [6.45, 7) is 3.14. The van der Waals surface area contributed by atoms with Gasteiger partial charge in [-0.25, -0.2) is 13.7 Å². The van der Waals surface area contributed by atoms with E-state index >= 15 is 0 Å². The van der Waals surface area contributed by atoms with Crippen LogP contribution in [0.25, 0.3) is 27.6 Å².